The highest BCUT2D eigenvalue weighted by atomic mass is 16.5. The van der Waals surface area contributed by atoms with Crippen LogP contribution < -0.4 is 10.2 Å². The number of nitrogens with one attached hydrogen (secondary N) is 1. The van der Waals surface area contributed by atoms with Crippen LogP contribution in [0, 0.1) is 0 Å². The Hall–Kier alpha value is -2.23. The molecule has 0 atom stereocenters. The third-order valence-corrected chi connectivity index (χ3v) is 2.77. The number of hydrogen-bond donors (Lipinski definition) is 2. The number of aromatic hydroxyl groups is 1. The number of phenolic OH excluding ortho intramolecular Hbond substituents is 1. The number of methoxy groups -OCH3 is 1. The number of pyridine rings is 1. The minimum absolute atomic E-state index is 0.0385. The van der Waals surface area contributed by atoms with Gasteiger partial charge in [-0.1, -0.05) is 19.1 Å². The van der Waals surface area contributed by atoms with Crippen LogP contribution in [0.25, 0.3) is 17.0 Å². The summed E-state index contributed by atoms with van der Waals surface area (Å²) in [5, 5.41) is 10.6. The van der Waals surface area contributed by atoms with Crippen LogP contribution in [0.1, 0.15) is 18.9 Å². The van der Waals surface area contributed by atoms with E-state index in [9.17, 15) is 9.90 Å². The standard InChI is InChI=1S/C14H15NO3/c1-3-4-5-9-13-10(11(16)6-7-15-13)8-12(18-2)14(9)17/h4-8,17H,3H2,1-2H3,(H,15,16)/b5-4+. The Kier molecular flexibility index (Phi) is 3.37. The molecular weight excluding hydrogens is 230 g/mol. The first-order valence-corrected chi connectivity index (χ1v) is 5.77. The number of fused-ring (bicyclic) bond motifs is 1. The number of phenols is 1. The van der Waals surface area contributed by atoms with Crippen LogP contribution in [0.3, 0.4) is 0 Å². The van der Waals surface area contributed by atoms with Crippen molar-refractivity contribution in [1.29, 1.82) is 0 Å². The molecule has 0 saturated carbocycles. The van der Waals surface area contributed by atoms with E-state index >= 15 is 0 Å². The second-order valence-corrected chi connectivity index (χ2v) is 3.92. The van der Waals surface area contributed by atoms with Gasteiger partial charge in [0.1, 0.15) is 0 Å². The summed E-state index contributed by atoms with van der Waals surface area (Å²) in [6.45, 7) is 2.00. The van der Waals surface area contributed by atoms with Gasteiger partial charge >= 0.3 is 0 Å². The fourth-order valence-corrected chi connectivity index (χ4v) is 1.86. The lowest BCUT2D eigenvalue weighted by molar-refractivity contribution is 0.374. The number of ether oxygens (including phenoxy) is 1. The normalized spacial score (nSPS) is 11.2. The van der Waals surface area contributed by atoms with Crippen molar-refractivity contribution in [3.63, 3.8) is 0 Å². The number of aromatic nitrogens is 1. The summed E-state index contributed by atoms with van der Waals surface area (Å²) in [5.74, 6) is 0.339. The quantitative estimate of drug-likeness (QED) is 0.873. The molecule has 2 aromatic rings. The van der Waals surface area contributed by atoms with Crippen molar-refractivity contribution in [2.24, 2.45) is 0 Å². The van der Waals surface area contributed by atoms with Crippen LogP contribution in [-0.4, -0.2) is 17.2 Å². The second-order valence-electron chi connectivity index (χ2n) is 3.92. The van der Waals surface area contributed by atoms with Crippen molar-refractivity contribution in [2.75, 3.05) is 7.11 Å². The Morgan fingerprint density at radius 1 is 1.50 bits per heavy atom. The van der Waals surface area contributed by atoms with E-state index in [2.05, 4.69) is 4.98 Å². The molecule has 1 heterocycles. The first-order chi connectivity index (χ1) is 8.69. The van der Waals surface area contributed by atoms with Gasteiger partial charge in [0, 0.05) is 23.2 Å². The zero-order valence-corrected chi connectivity index (χ0v) is 10.4. The highest BCUT2D eigenvalue weighted by Gasteiger charge is 2.13. The van der Waals surface area contributed by atoms with Crippen LogP contribution in [0.5, 0.6) is 11.5 Å². The molecule has 0 radical (unpaired) electrons. The molecule has 0 aliphatic heterocycles. The SMILES string of the molecule is CC/C=C/c1c(O)c(OC)cc2c(=O)cc[nH]c12. The van der Waals surface area contributed by atoms with Gasteiger partial charge in [-0.25, -0.2) is 0 Å². The summed E-state index contributed by atoms with van der Waals surface area (Å²) < 4.78 is 5.09. The van der Waals surface area contributed by atoms with E-state index in [1.807, 2.05) is 13.0 Å². The Labute approximate surface area is 105 Å². The van der Waals surface area contributed by atoms with Crippen LogP contribution in [0.2, 0.25) is 0 Å². The Balaban J connectivity index is 2.87. The van der Waals surface area contributed by atoms with Gasteiger partial charge < -0.3 is 14.8 Å². The van der Waals surface area contributed by atoms with Crippen molar-refractivity contribution in [1.82, 2.24) is 4.98 Å². The van der Waals surface area contributed by atoms with E-state index in [4.69, 9.17) is 4.74 Å². The van der Waals surface area contributed by atoms with Gasteiger partial charge in [0.2, 0.25) is 0 Å². The van der Waals surface area contributed by atoms with Crippen molar-refractivity contribution in [3.05, 3.63) is 40.2 Å². The molecule has 1 aromatic carbocycles. The molecule has 94 valence electrons. The summed E-state index contributed by atoms with van der Waals surface area (Å²) in [7, 11) is 1.46. The van der Waals surface area contributed by atoms with Gasteiger partial charge in [0.25, 0.3) is 0 Å². The van der Waals surface area contributed by atoms with Gasteiger partial charge in [-0.3, -0.25) is 4.79 Å². The maximum atomic E-state index is 11.8. The lowest BCUT2D eigenvalue weighted by atomic mass is 10.1. The van der Waals surface area contributed by atoms with E-state index in [-0.39, 0.29) is 11.2 Å². The van der Waals surface area contributed by atoms with Gasteiger partial charge in [-0.05, 0) is 12.5 Å². The molecule has 0 amide bonds. The smallest absolute Gasteiger partial charge is 0.189 e. The van der Waals surface area contributed by atoms with Gasteiger partial charge in [0.15, 0.2) is 16.9 Å². The molecular formula is C14H15NO3. The molecule has 4 nitrogen and oxygen atoms in total. The summed E-state index contributed by atoms with van der Waals surface area (Å²) >= 11 is 0. The molecule has 0 unspecified atom stereocenters. The van der Waals surface area contributed by atoms with Gasteiger partial charge in [0.05, 0.1) is 12.6 Å². The number of allylic oxidation sites excluding steroid dienone is 1. The summed E-state index contributed by atoms with van der Waals surface area (Å²) in [4.78, 5) is 14.8. The van der Waals surface area contributed by atoms with E-state index < -0.39 is 0 Å². The molecule has 0 bridgehead atoms. The van der Waals surface area contributed by atoms with E-state index in [1.165, 1.54) is 13.2 Å². The first kappa shape index (κ1) is 12.2. The van der Waals surface area contributed by atoms with E-state index in [0.29, 0.717) is 22.2 Å². The average Bonchev–Trinajstić information content (AvgIpc) is 2.38. The summed E-state index contributed by atoms with van der Waals surface area (Å²) in [6.07, 6.45) is 6.12. The van der Waals surface area contributed by atoms with E-state index in [0.717, 1.165) is 6.42 Å². The Morgan fingerprint density at radius 3 is 2.94 bits per heavy atom. The monoisotopic (exact) mass is 245 g/mol. The highest BCUT2D eigenvalue weighted by molar-refractivity contribution is 5.91. The topological polar surface area (TPSA) is 62.3 Å². The molecule has 0 saturated heterocycles. The summed E-state index contributed by atoms with van der Waals surface area (Å²) in [6, 6.07) is 3.00. The minimum atomic E-state index is -0.104. The van der Waals surface area contributed by atoms with Crippen molar-refractivity contribution >= 4 is 17.0 Å². The molecule has 2 rings (SSSR count). The van der Waals surface area contributed by atoms with Crippen molar-refractivity contribution in [2.45, 2.75) is 13.3 Å². The lowest BCUT2D eigenvalue weighted by Crippen LogP contribution is -2.02. The number of benzene rings is 1. The molecule has 0 aliphatic carbocycles. The summed E-state index contributed by atoms with van der Waals surface area (Å²) in [5.41, 5.74) is 1.09. The van der Waals surface area contributed by atoms with Crippen LogP contribution in [0.4, 0.5) is 0 Å². The zero-order chi connectivity index (χ0) is 13.1. The number of hydrogen-bond acceptors (Lipinski definition) is 3. The maximum absolute atomic E-state index is 11.8. The number of aromatic amines is 1. The largest absolute Gasteiger partial charge is 0.504 e. The highest BCUT2D eigenvalue weighted by Crippen LogP contribution is 2.35. The maximum Gasteiger partial charge on any atom is 0.189 e. The molecule has 4 heteroatoms. The average molecular weight is 245 g/mol. The molecule has 0 aliphatic rings. The fourth-order valence-electron chi connectivity index (χ4n) is 1.86. The predicted molar refractivity (Wildman–Crippen MR) is 72.1 cm³/mol. The third kappa shape index (κ3) is 1.97. The van der Waals surface area contributed by atoms with E-state index in [1.54, 1.807) is 18.3 Å². The molecule has 18 heavy (non-hydrogen) atoms. The van der Waals surface area contributed by atoms with Crippen LogP contribution >= 0.6 is 0 Å². The fraction of sp³-hybridized carbons (Fsp3) is 0.214. The minimum Gasteiger partial charge on any atom is -0.504 e. The number of H-pyrrole nitrogens is 1. The second kappa shape index (κ2) is 4.96. The van der Waals surface area contributed by atoms with Crippen LogP contribution in [-0.2, 0) is 0 Å². The van der Waals surface area contributed by atoms with Crippen LogP contribution in [0.15, 0.2) is 29.2 Å². The predicted octanol–water partition coefficient (Wildman–Crippen LogP) is 2.67. The van der Waals surface area contributed by atoms with Gasteiger partial charge in [-0.2, -0.15) is 0 Å². The molecule has 0 spiro atoms. The van der Waals surface area contributed by atoms with Crippen molar-refractivity contribution in [3.8, 4) is 11.5 Å². The molecule has 0 fully saturated rings. The van der Waals surface area contributed by atoms with Gasteiger partial charge in [-0.15, -0.1) is 0 Å². The molecule has 2 N–H and O–H groups in total. The third-order valence-electron chi connectivity index (χ3n) is 2.77. The van der Waals surface area contributed by atoms with Crippen molar-refractivity contribution < 1.29 is 9.84 Å². The zero-order valence-electron chi connectivity index (χ0n) is 10.4. The lowest BCUT2D eigenvalue weighted by Gasteiger charge is -2.09. The first-order valence-electron chi connectivity index (χ1n) is 5.77. The molecule has 1 aromatic heterocycles. The Morgan fingerprint density at radius 2 is 2.28 bits per heavy atom. The number of rotatable bonds is 3. The Bertz CT molecular complexity index is 656.